The van der Waals surface area contributed by atoms with Gasteiger partial charge in [0.15, 0.2) is 8.07 Å². The van der Waals surface area contributed by atoms with Gasteiger partial charge in [-0.25, -0.2) is 0 Å². The maximum atomic E-state index is 2.57. The van der Waals surface area contributed by atoms with Crippen LogP contribution in [0.3, 0.4) is 0 Å². The Hall–Kier alpha value is -6.56. The molecule has 0 aliphatic carbocycles. The summed E-state index contributed by atoms with van der Waals surface area (Å²) in [5.41, 5.74) is 15.2. The number of anilines is 9. The summed E-state index contributed by atoms with van der Waals surface area (Å²) in [5, 5.41) is 4.37. The molecule has 266 valence electrons. The molecule has 0 saturated carbocycles. The monoisotopic (exact) mass is 733 g/mol. The highest BCUT2D eigenvalue weighted by Gasteiger charge is 2.50. The molecule has 0 fully saturated rings. The van der Waals surface area contributed by atoms with Gasteiger partial charge in [0.05, 0.1) is 5.69 Å². The number of para-hydroxylation sites is 6. The molecule has 0 saturated heterocycles. The van der Waals surface area contributed by atoms with Gasteiger partial charge < -0.3 is 14.7 Å². The molecule has 0 radical (unpaired) electrons. The zero-order valence-electron chi connectivity index (χ0n) is 31.5. The summed E-state index contributed by atoms with van der Waals surface area (Å²) in [6.07, 6.45) is 0. The van der Waals surface area contributed by atoms with E-state index >= 15 is 0 Å². The van der Waals surface area contributed by atoms with Crippen LogP contribution < -0.4 is 46.6 Å². The Kier molecular flexibility index (Phi) is 7.48. The van der Waals surface area contributed by atoms with Crippen LogP contribution in [-0.2, 0) is 0 Å². The molecule has 0 bridgehead atoms. The van der Waals surface area contributed by atoms with E-state index in [4.69, 9.17) is 0 Å². The first-order chi connectivity index (χ1) is 27.7. The minimum absolute atomic E-state index is 0.0707. The highest BCUT2D eigenvalue weighted by molar-refractivity contribution is 7.14. The van der Waals surface area contributed by atoms with E-state index in [9.17, 15) is 0 Å². The summed E-state index contributed by atoms with van der Waals surface area (Å²) in [6.45, 7) is 4.95. The molecule has 3 nitrogen and oxygen atoms in total. The average Bonchev–Trinajstić information content (AvgIpc) is 3.26. The van der Waals surface area contributed by atoms with E-state index in [1.807, 2.05) is 0 Å². The van der Waals surface area contributed by atoms with Crippen LogP contribution in [-0.4, -0.2) is 14.8 Å². The lowest BCUT2D eigenvalue weighted by Crippen LogP contribution is -2.72. The predicted octanol–water partition coefficient (Wildman–Crippen LogP) is 9.43. The fourth-order valence-electron chi connectivity index (χ4n) is 10.2. The van der Waals surface area contributed by atoms with Gasteiger partial charge in [0, 0.05) is 45.5 Å². The third-order valence-corrected chi connectivity index (χ3v) is 17.9. The molecule has 0 amide bonds. The highest BCUT2D eigenvalue weighted by Crippen LogP contribution is 2.49. The highest BCUT2D eigenvalue weighted by atomic mass is 28.3. The second-order valence-corrected chi connectivity index (χ2v) is 19.9. The largest absolute Gasteiger partial charge is 0.311 e. The first kappa shape index (κ1) is 32.8. The van der Waals surface area contributed by atoms with E-state index in [1.54, 1.807) is 0 Å². The van der Waals surface area contributed by atoms with Gasteiger partial charge in [0.1, 0.15) is 0 Å². The van der Waals surface area contributed by atoms with Crippen LogP contribution >= 0.6 is 0 Å². The van der Waals surface area contributed by atoms with Gasteiger partial charge in [-0.2, -0.15) is 0 Å². The van der Waals surface area contributed by atoms with Crippen molar-refractivity contribution in [2.75, 3.05) is 14.7 Å². The molecule has 0 aromatic heterocycles. The Morgan fingerprint density at radius 3 is 1.21 bits per heavy atom. The van der Waals surface area contributed by atoms with E-state index in [1.165, 1.54) is 66.1 Å². The van der Waals surface area contributed by atoms with Crippen LogP contribution in [0, 0.1) is 0 Å². The summed E-state index contributed by atoms with van der Waals surface area (Å²) in [7, 11) is -2.49. The average molecular weight is 734 g/mol. The van der Waals surface area contributed by atoms with E-state index in [2.05, 4.69) is 229 Å². The Balaban J connectivity index is 1.26. The molecule has 0 atom stereocenters. The van der Waals surface area contributed by atoms with Gasteiger partial charge in [0.25, 0.3) is 6.71 Å². The molecule has 11 rings (SSSR count). The number of hydrogen-bond donors (Lipinski definition) is 0. The number of fused-ring (bicyclic) bond motifs is 6. The Morgan fingerprint density at radius 2 is 0.750 bits per heavy atom. The Labute approximate surface area is 330 Å². The third-order valence-electron chi connectivity index (χ3n) is 12.4. The first-order valence-corrected chi connectivity index (χ1v) is 21.8. The molecular formula is C51H40BN3Si. The second-order valence-electron chi connectivity index (χ2n) is 15.5. The zero-order chi connectivity index (χ0) is 37.4. The molecule has 5 heteroatoms. The van der Waals surface area contributed by atoms with Crippen LogP contribution in [0.1, 0.15) is 13.8 Å². The summed E-state index contributed by atoms with van der Waals surface area (Å²) in [5.74, 6) is 0. The van der Waals surface area contributed by atoms with Gasteiger partial charge in [-0.05, 0) is 98.2 Å². The predicted molar refractivity (Wildman–Crippen MR) is 241 cm³/mol. The van der Waals surface area contributed by atoms with Crippen molar-refractivity contribution in [1.82, 2.24) is 0 Å². The summed E-state index contributed by atoms with van der Waals surface area (Å²) >= 11 is 0. The van der Waals surface area contributed by atoms with Gasteiger partial charge in [-0.3, -0.25) is 0 Å². The summed E-state index contributed by atoms with van der Waals surface area (Å²) in [6, 6.07) is 74.7. The molecule has 0 unspecified atom stereocenters. The van der Waals surface area contributed by atoms with Gasteiger partial charge >= 0.3 is 0 Å². The van der Waals surface area contributed by atoms with E-state index in [0.29, 0.717) is 5.54 Å². The molecule has 0 N–H and O–H groups in total. The van der Waals surface area contributed by atoms with Gasteiger partial charge in [-0.1, -0.05) is 153 Å². The normalized spacial score (nSPS) is 14.4. The maximum Gasteiger partial charge on any atom is 0.252 e. The summed E-state index contributed by atoms with van der Waals surface area (Å²) < 4.78 is 0. The van der Waals surface area contributed by atoms with E-state index in [-0.39, 0.29) is 6.71 Å². The minimum Gasteiger partial charge on any atom is -0.311 e. The molecule has 3 aliphatic heterocycles. The van der Waals surface area contributed by atoms with Crippen molar-refractivity contribution in [3.63, 3.8) is 0 Å². The Bertz CT molecular complexity index is 2610. The van der Waals surface area contributed by atoms with E-state index in [0.717, 1.165) is 17.1 Å². The molecule has 0 spiro atoms. The smallest absolute Gasteiger partial charge is 0.252 e. The van der Waals surface area contributed by atoms with Crippen LogP contribution in [0.25, 0.3) is 0 Å². The third kappa shape index (κ3) is 4.58. The SMILES string of the molecule is CC(C)[Si]1(c2ccccc2)c2ccccc2N(c2cc3c4c(c2)N(c2ccccc2)c2ccccc2B4c2ccccc2N3c2ccccc2)c2ccccc21. The lowest BCUT2D eigenvalue weighted by Gasteiger charge is -2.48. The van der Waals surface area contributed by atoms with Crippen LogP contribution in [0.5, 0.6) is 0 Å². The van der Waals surface area contributed by atoms with Gasteiger partial charge in [-0.15, -0.1) is 0 Å². The topological polar surface area (TPSA) is 9.72 Å². The number of hydrogen-bond acceptors (Lipinski definition) is 3. The molecule has 3 heterocycles. The van der Waals surface area contributed by atoms with Crippen LogP contribution in [0.15, 0.2) is 200 Å². The maximum absolute atomic E-state index is 2.57. The molecule has 8 aromatic carbocycles. The lowest BCUT2D eigenvalue weighted by atomic mass is 9.33. The fourth-order valence-corrected chi connectivity index (χ4v) is 15.7. The fraction of sp³-hybridized carbons (Fsp3) is 0.0588. The zero-order valence-corrected chi connectivity index (χ0v) is 32.5. The second kappa shape index (κ2) is 12.8. The lowest BCUT2D eigenvalue weighted by molar-refractivity contribution is 1.03. The van der Waals surface area contributed by atoms with Crippen molar-refractivity contribution < 1.29 is 0 Å². The number of rotatable bonds is 5. The standard InChI is InChI=1S/C51H40BN3Si/c1-36(2)56(40-24-10-5-11-25-40)49-32-18-16-30-45(49)55(46-31-17-19-33-50(46)56)39-34-47-51-48(35-39)54(38-22-8-4-9-23-38)44-29-15-13-27-42(44)52(51)41-26-12-14-28-43(41)53(47)37-20-6-3-7-21-37/h3-36H,1-2H3. The van der Waals surface area contributed by atoms with Crippen molar-refractivity contribution >= 4 is 97.9 Å². The number of benzene rings is 8. The molecule has 3 aliphatic rings. The molecular weight excluding hydrogens is 693 g/mol. The Morgan fingerprint density at radius 1 is 0.375 bits per heavy atom. The van der Waals surface area contributed by atoms with Gasteiger partial charge in [0.2, 0.25) is 0 Å². The van der Waals surface area contributed by atoms with Crippen LogP contribution in [0.2, 0.25) is 5.54 Å². The minimum atomic E-state index is -2.49. The molecule has 8 aromatic rings. The van der Waals surface area contributed by atoms with Crippen molar-refractivity contribution in [2.24, 2.45) is 0 Å². The van der Waals surface area contributed by atoms with Crippen molar-refractivity contribution in [3.05, 3.63) is 200 Å². The van der Waals surface area contributed by atoms with E-state index < -0.39 is 8.07 Å². The molecule has 56 heavy (non-hydrogen) atoms. The quantitative estimate of drug-likeness (QED) is 0.163. The van der Waals surface area contributed by atoms with Crippen molar-refractivity contribution in [3.8, 4) is 0 Å². The first-order valence-electron chi connectivity index (χ1n) is 19.8. The van der Waals surface area contributed by atoms with Crippen molar-refractivity contribution in [2.45, 2.75) is 19.4 Å². The van der Waals surface area contributed by atoms with Crippen LogP contribution in [0.4, 0.5) is 51.2 Å². The van der Waals surface area contributed by atoms with Crippen molar-refractivity contribution in [1.29, 1.82) is 0 Å². The summed E-state index contributed by atoms with van der Waals surface area (Å²) in [4.78, 5) is 7.58. The number of nitrogens with zero attached hydrogens (tertiary/aromatic N) is 3.